The zero-order valence-electron chi connectivity index (χ0n) is 17.2. The standard InChI is InChI=1S/C24H30FN3O/c1-19(29)26-22-9-7-20(8-10-22)15-28-14-12-24(18-28)11-4-13-27(17-24)16-21-5-2-3-6-23(21)25/h2-3,5-10H,4,11-18H2,1H3,(H,26,29). The molecule has 1 N–H and O–H groups in total. The second kappa shape index (κ2) is 8.64. The highest BCUT2D eigenvalue weighted by Gasteiger charge is 2.41. The Bertz CT molecular complexity index is 853. The van der Waals surface area contributed by atoms with Gasteiger partial charge in [-0.1, -0.05) is 30.3 Å². The molecule has 5 heteroatoms. The highest BCUT2D eigenvalue weighted by Crippen LogP contribution is 2.40. The van der Waals surface area contributed by atoms with Gasteiger partial charge in [-0.05, 0) is 61.5 Å². The first-order chi connectivity index (χ1) is 14.0. The molecule has 2 fully saturated rings. The number of hydrogen-bond acceptors (Lipinski definition) is 3. The summed E-state index contributed by atoms with van der Waals surface area (Å²) in [7, 11) is 0. The van der Waals surface area contributed by atoms with Gasteiger partial charge in [0.25, 0.3) is 0 Å². The van der Waals surface area contributed by atoms with Crippen LogP contribution in [-0.4, -0.2) is 41.9 Å². The first kappa shape index (κ1) is 20.0. The summed E-state index contributed by atoms with van der Waals surface area (Å²) in [6, 6.07) is 15.3. The fourth-order valence-electron chi connectivity index (χ4n) is 4.96. The number of rotatable bonds is 5. The van der Waals surface area contributed by atoms with Gasteiger partial charge in [-0.15, -0.1) is 0 Å². The molecule has 1 unspecified atom stereocenters. The molecule has 2 aliphatic heterocycles. The molecule has 1 atom stereocenters. The maximum atomic E-state index is 14.1. The van der Waals surface area contributed by atoms with Crippen LogP contribution in [0.15, 0.2) is 48.5 Å². The number of halogens is 1. The number of anilines is 1. The lowest BCUT2D eigenvalue weighted by Crippen LogP contribution is -2.44. The van der Waals surface area contributed by atoms with Crippen molar-refractivity contribution in [1.82, 2.24) is 9.80 Å². The van der Waals surface area contributed by atoms with Crippen LogP contribution in [0.4, 0.5) is 10.1 Å². The molecule has 29 heavy (non-hydrogen) atoms. The van der Waals surface area contributed by atoms with Gasteiger partial charge in [-0.3, -0.25) is 14.6 Å². The predicted molar refractivity (Wildman–Crippen MR) is 114 cm³/mol. The minimum absolute atomic E-state index is 0.0449. The van der Waals surface area contributed by atoms with Gasteiger partial charge in [0.1, 0.15) is 5.82 Å². The van der Waals surface area contributed by atoms with Gasteiger partial charge in [0.2, 0.25) is 5.91 Å². The SMILES string of the molecule is CC(=O)Nc1ccc(CN2CCC3(CCCN(Cc4ccccc4F)C3)C2)cc1. The predicted octanol–water partition coefficient (Wildman–Crippen LogP) is 4.27. The van der Waals surface area contributed by atoms with E-state index in [9.17, 15) is 9.18 Å². The molecule has 0 saturated carbocycles. The summed E-state index contributed by atoms with van der Waals surface area (Å²) in [5.74, 6) is -0.139. The van der Waals surface area contributed by atoms with Crippen molar-refractivity contribution in [1.29, 1.82) is 0 Å². The summed E-state index contributed by atoms with van der Waals surface area (Å²) >= 11 is 0. The second-order valence-corrected chi connectivity index (χ2v) is 8.74. The summed E-state index contributed by atoms with van der Waals surface area (Å²) < 4.78 is 14.1. The van der Waals surface area contributed by atoms with Gasteiger partial charge >= 0.3 is 0 Å². The molecule has 2 aliphatic rings. The van der Waals surface area contributed by atoms with Crippen LogP contribution in [0.5, 0.6) is 0 Å². The van der Waals surface area contributed by atoms with E-state index < -0.39 is 0 Å². The molecule has 2 heterocycles. The Hall–Kier alpha value is -2.24. The number of piperidine rings is 1. The van der Waals surface area contributed by atoms with Crippen LogP contribution in [-0.2, 0) is 17.9 Å². The molecular formula is C24H30FN3O. The van der Waals surface area contributed by atoms with Crippen molar-refractivity contribution in [3.63, 3.8) is 0 Å². The lowest BCUT2D eigenvalue weighted by atomic mass is 9.79. The van der Waals surface area contributed by atoms with E-state index in [1.54, 1.807) is 12.1 Å². The van der Waals surface area contributed by atoms with Crippen LogP contribution in [0, 0.1) is 11.2 Å². The Morgan fingerprint density at radius 3 is 2.45 bits per heavy atom. The van der Waals surface area contributed by atoms with Gasteiger partial charge in [0.05, 0.1) is 0 Å². The van der Waals surface area contributed by atoms with Crippen molar-refractivity contribution in [2.24, 2.45) is 5.41 Å². The molecule has 0 bridgehead atoms. The maximum absolute atomic E-state index is 14.1. The third-order valence-electron chi connectivity index (χ3n) is 6.29. The van der Waals surface area contributed by atoms with E-state index in [-0.39, 0.29) is 11.7 Å². The van der Waals surface area contributed by atoms with E-state index in [1.165, 1.54) is 31.7 Å². The number of hydrogen-bond donors (Lipinski definition) is 1. The van der Waals surface area contributed by atoms with Crippen LogP contribution in [0.1, 0.15) is 37.3 Å². The zero-order chi connectivity index (χ0) is 20.3. The molecule has 0 aromatic heterocycles. The van der Waals surface area contributed by atoms with E-state index in [0.717, 1.165) is 44.0 Å². The molecular weight excluding hydrogens is 365 g/mol. The van der Waals surface area contributed by atoms with Crippen molar-refractivity contribution in [3.8, 4) is 0 Å². The molecule has 154 valence electrons. The fraction of sp³-hybridized carbons (Fsp3) is 0.458. The molecule has 1 spiro atoms. The highest BCUT2D eigenvalue weighted by molar-refractivity contribution is 5.88. The van der Waals surface area contributed by atoms with E-state index >= 15 is 0 Å². The van der Waals surface area contributed by atoms with E-state index in [0.29, 0.717) is 12.0 Å². The number of nitrogens with one attached hydrogen (secondary N) is 1. The van der Waals surface area contributed by atoms with Crippen molar-refractivity contribution >= 4 is 11.6 Å². The van der Waals surface area contributed by atoms with Crippen LogP contribution in [0.25, 0.3) is 0 Å². The summed E-state index contributed by atoms with van der Waals surface area (Å²) in [6.45, 7) is 7.50. The lowest BCUT2D eigenvalue weighted by molar-refractivity contribution is -0.114. The van der Waals surface area contributed by atoms with Gasteiger partial charge < -0.3 is 5.32 Å². The second-order valence-electron chi connectivity index (χ2n) is 8.74. The van der Waals surface area contributed by atoms with E-state index in [4.69, 9.17) is 0 Å². The summed E-state index contributed by atoms with van der Waals surface area (Å²) in [5.41, 5.74) is 3.25. The molecule has 0 radical (unpaired) electrons. The summed E-state index contributed by atoms with van der Waals surface area (Å²) in [5, 5.41) is 2.82. The minimum atomic E-state index is -0.0946. The number of likely N-dealkylation sites (tertiary alicyclic amines) is 2. The molecule has 4 rings (SSSR count). The molecule has 2 aromatic carbocycles. The van der Waals surface area contributed by atoms with Crippen LogP contribution in [0.2, 0.25) is 0 Å². The average molecular weight is 396 g/mol. The monoisotopic (exact) mass is 395 g/mol. The zero-order valence-corrected chi connectivity index (χ0v) is 17.2. The summed E-state index contributed by atoms with van der Waals surface area (Å²) in [4.78, 5) is 16.1. The van der Waals surface area contributed by atoms with Gasteiger partial charge in [-0.25, -0.2) is 4.39 Å². The Kier molecular flexibility index (Phi) is 5.97. The van der Waals surface area contributed by atoms with E-state index in [1.807, 2.05) is 24.3 Å². The van der Waals surface area contributed by atoms with Gasteiger partial charge in [0.15, 0.2) is 0 Å². The number of benzene rings is 2. The largest absolute Gasteiger partial charge is 0.326 e. The maximum Gasteiger partial charge on any atom is 0.221 e. The van der Waals surface area contributed by atoms with Crippen LogP contribution >= 0.6 is 0 Å². The topological polar surface area (TPSA) is 35.6 Å². The third-order valence-corrected chi connectivity index (χ3v) is 6.29. The Labute approximate surface area is 172 Å². The van der Waals surface area contributed by atoms with E-state index in [2.05, 4.69) is 27.2 Å². The van der Waals surface area contributed by atoms with Gasteiger partial charge in [0, 0.05) is 44.4 Å². The Balaban J connectivity index is 1.34. The molecule has 0 aliphatic carbocycles. The molecule has 1 amide bonds. The molecule has 4 nitrogen and oxygen atoms in total. The number of carbonyl (C=O) groups excluding carboxylic acids is 1. The number of nitrogens with zero attached hydrogens (tertiary/aromatic N) is 2. The summed E-state index contributed by atoms with van der Waals surface area (Å²) in [6.07, 6.45) is 3.66. The third kappa shape index (κ3) is 5.03. The number of amides is 1. The molecule has 2 aromatic rings. The van der Waals surface area contributed by atoms with Crippen molar-refractivity contribution in [2.75, 3.05) is 31.5 Å². The van der Waals surface area contributed by atoms with Gasteiger partial charge in [-0.2, -0.15) is 0 Å². The smallest absolute Gasteiger partial charge is 0.221 e. The highest BCUT2D eigenvalue weighted by atomic mass is 19.1. The average Bonchev–Trinajstić information content (AvgIpc) is 3.06. The normalized spacial score (nSPS) is 22.8. The van der Waals surface area contributed by atoms with Crippen LogP contribution in [0.3, 0.4) is 0 Å². The lowest BCUT2D eigenvalue weighted by Gasteiger charge is -2.40. The Morgan fingerprint density at radius 2 is 1.72 bits per heavy atom. The van der Waals surface area contributed by atoms with Crippen molar-refractivity contribution in [2.45, 2.75) is 39.3 Å². The van der Waals surface area contributed by atoms with Crippen molar-refractivity contribution in [3.05, 3.63) is 65.5 Å². The quantitative estimate of drug-likeness (QED) is 0.821. The first-order valence-electron chi connectivity index (χ1n) is 10.6. The first-order valence-corrected chi connectivity index (χ1v) is 10.6. The molecule has 2 saturated heterocycles. The Morgan fingerprint density at radius 1 is 1.00 bits per heavy atom. The number of carbonyl (C=O) groups is 1. The fourth-order valence-corrected chi connectivity index (χ4v) is 4.96. The van der Waals surface area contributed by atoms with Crippen LogP contribution < -0.4 is 5.32 Å². The van der Waals surface area contributed by atoms with Crippen molar-refractivity contribution < 1.29 is 9.18 Å². The minimum Gasteiger partial charge on any atom is -0.326 e.